The fourth-order valence-electron chi connectivity index (χ4n) is 5.84. The Kier molecular flexibility index (Phi) is 7.59. The van der Waals surface area contributed by atoms with Gasteiger partial charge in [-0.3, -0.25) is 4.90 Å². The van der Waals surface area contributed by atoms with Gasteiger partial charge in [0, 0.05) is 29.1 Å². The molecule has 38 heavy (non-hydrogen) atoms. The van der Waals surface area contributed by atoms with Gasteiger partial charge >= 0.3 is 12.1 Å². The summed E-state index contributed by atoms with van der Waals surface area (Å²) in [6.07, 6.45) is 1.19. The predicted octanol–water partition coefficient (Wildman–Crippen LogP) is 6.08. The quantitative estimate of drug-likeness (QED) is 0.419. The molecule has 2 aliphatic heterocycles. The average molecular weight is 528 g/mol. The third-order valence-corrected chi connectivity index (χ3v) is 7.82. The molecule has 0 bridgehead atoms. The third-order valence-electron chi connectivity index (χ3n) is 7.82. The van der Waals surface area contributed by atoms with E-state index in [1.165, 1.54) is 32.4 Å². The number of carboxylic acids is 1. The number of pyridine rings is 1. The van der Waals surface area contributed by atoms with Gasteiger partial charge in [0.25, 0.3) is 0 Å². The van der Waals surface area contributed by atoms with Crippen molar-refractivity contribution in [1.29, 1.82) is 0 Å². The largest absolute Gasteiger partial charge is 0.497 e. The Hall–Kier alpha value is -3.17. The van der Waals surface area contributed by atoms with E-state index in [1.807, 2.05) is 0 Å². The number of alkyl halides is 3. The molecular weight excluding hydrogens is 495 g/mol. The Morgan fingerprint density at radius 3 is 2.45 bits per heavy atom. The molecule has 3 aromatic rings. The highest BCUT2D eigenvalue weighted by Crippen LogP contribution is 2.37. The number of benzene rings is 2. The lowest BCUT2D eigenvalue weighted by Crippen LogP contribution is -2.46. The predicted molar refractivity (Wildman–Crippen MR) is 139 cm³/mol. The summed E-state index contributed by atoms with van der Waals surface area (Å²) in [5.74, 6) is -0.654. The maximum Gasteiger partial charge on any atom is 0.416 e. The van der Waals surface area contributed by atoms with Gasteiger partial charge < -0.3 is 14.7 Å². The van der Waals surface area contributed by atoms with Gasteiger partial charge in [-0.25, -0.2) is 9.78 Å². The molecular formula is C29H32F3N3O3. The summed E-state index contributed by atoms with van der Waals surface area (Å²) in [5.41, 5.74) is 0.594. The van der Waals surface area contributed by atoms with Crippen molar-refractivity contribution < 1.29 is 27.8 Å². The molecule has 3 heterocycles. The molecule has 2 fully saturated rings. The third kappa shape index (κ3) is 5.49. The summed E-state index contributed by atoms with van der Waals surface area (Å²) in [6.45, 7) is 4.13. The van der Waals surface area contributed by atoms with Crippen LogP contribution in [0.2, 0.25) is 0 Å². The number of aromatic nitrogens is 1. The van der Waals surface area contributed by atoms with Crippen molar-refractivity contribution in [3.63, 3.8) is 0 Å². The van der Waals surface area contributed by atoms with Crippen LogP contribution in [0.4, 0.5) is 13.2 Å². The van der Waals surface area contributed by atoms with Crippen LogP contribution in [-0.4, -0.2) is 65.2 Å². The topological polar surface area (TPSA) is 65.9 Å². The van der Waals surface area contributed by atoms with Crippen LogP contribution in [0, 0.1) is 0 Å². The molecule has 2 saturated heterocycles. The number of ether oxygens (including phenoxy) is 1. The number of carboxylic acid groups (broad SMARTS) is 1. The number of methoxy groups -OCH3 is 1. The van der Waals surface area contributed by atoms with Crippen molar-refractivity contribution in [2.75, 3.05) is 33.3 Å². The summed E-state index contributed by atoms with van der Waals surface area (Å²) < 4.78 is 46.0. The monoisotopic (exact) mass is 527 g/mol. The van der Waals surface area contributed by atoms with Crippen molar-refractivity contribution >= 4 is 16.9 Å². The van der Waals surface area contributed by atoms with Crippen LogP contribution < -0.4 is 4.74 Å². The van der Waals surface area contributed by atoms with Crippen LogP contribution in [0.15, 0.2) is 42.5 Å². The zero-order valence-electron chi connectivity index (χ0n) is 21.4. The second-order valence-electron chi connectivity index (χ2n) is 10.2. The van der Waals surface area contributed by atoms with E-state index in [0.717, 1.165) is 51.2 Å². The zero-order chi connectivity index (χ0) is 26.9. The number of aromatic carboxylic acids is 1. The fraction of sp³-hybridized carbons (Fsp3) is 0.448. The first-order valence-electron chi connectivity index (χ1n) is 13.1. The Morgan fingerprint density at radius 2 is 1.79 bits per heavy atom. The molecule has 0 unspecified atom stereocenters. The molecule has 5 rings (SSSR count). The molecule has 2 aliphatic rings. The second kappa shape index (κ2) is 10.9. The van der Waals surface area contributed by atoms with E-state index in [0.29, 0.717) is 34.8 Å². The molecule has 0 amide bonds. The van der Waals surface area contributed by atoms with Crippen molar-refractivity contribution in [3.05, 3.63) is 59.2 Å². The zero-order valence-corrected chi connectivity index (χ0v) is 21.4. The Balaban J connectivity index is 1.56. The van der Waals surface area contributed by atoms with Gasteiger partial charge in [0.1, 0.15) is 5.75 Å². The fourth-order valence-corrected chi connectivity index (χ4v) is 5.84. The first-order chi connectivity index (χ1) is 18.2. The minimum Gasteiger partial charge on any atom is -0.497 e. The highest BCUT2D eigenvalue weighted by Gasteiger charge is 2.32. The number of hydrogen-bond acceptors (Lipinski definition) is 5. The van der Waals surface area contributed by atoms with Crippen LogP contribution in [0.3, 0.4) is 0 Å². The lowest BCUT2D eigenvalue weighted by Gasteiger charge is -2.40. The van der Waals surface area contributed by atoms with Crippen LogP contribution in [0.5, 0.6) is 5.75 Å². The van der Waals surface area contributed by atoms with Crippen molar-refractivity contribution in [1.82, 2.24) is 14.8 Å². The van der Waals surface area contributed by atoms with Crippen LogP contribution >= 0.6 is 0 Å². The number of piperidine rings is 2. The molecule has 0 radical (unpaired) electrons. The first-order valence-corrected chi connectivity index (χ1v) is 13.1. The lowest BCUT2D eigenvalue weighted by atomic mass is 9.94. The normalized spacial score (nSPS) is 18.1. The Morgan fingerprint density at radius 1 is 1.05 bits per heavy atom. The number of hydrogen-bond donors (Lipinski definition) is 1. The van der Waals surface area contributed by atoms with E-state index >= 15 is 0 Å². The molecule has 202 valence electrons. The van der Waals surface area contributed by atoms with Gasteiger partial charge in [0.15, 0.2) is 0 Å². The summed E-state index contributed by atoms with van der Waals surface area (Å²) in [5, 5.41) is 10.8. The average Bonchev–Trinajstić information content (AvgIpc) is 2.92. The molecule has 1 N–H and O–H groups in total. The van der Waals surface area contributed by atoms with Crippen molar-refractivity contribution in [3.8, 4) is 17.0 Å². The van der Waals surface area contributed by atoms with E-state index in [9.17, 15) is 23.1 Å². The molecule has 6 nitrogen and oxygen atoms in total. The van der Waals surface area contributed by atoms with Crippen molar-refractivity contribution in [2.24, 2.45) is 0 Å². The Bertz CT molecular complexity index is 1310. The van der Waals surface area contributed by atoms with Gasteiger partial charge in [-0.05, 0) is 82.2 Å². The van der Waals surface area contributed by atoms with E-state index in [4.69, 9.17) is 9.72 Å². The molecule has 1 aromatic heterocycles. The SMILES string of the molecule is COc1ccc2nc(-c3cccc(C(F)(F)F)c3)c(CN3CCC(N4CCCCC4)CC3)c(C(=O)O)c2c1. The molecule has 0 spiro atoms. The number of likely N-dealkylation sites (tertiary alicyclic amines) is 2. The van der Waals surface area contributed by atoms with Gasteiger partial charge in [-0.2, -0.15) is 13.2 Å². The number of halogens is 3. The van der Waals surface area contributed by atoms with E-state index in [1.54, 1.807) is 24.3 Å². The maximum absolute atomic E-state index is 13.6. The lowest BCUT2D eigenvalue weighted by molar-refractivity contribution is -0.137. The molecule has 0 saturated carbocycles. The van der Waals surface area contributed by atoms with E-state index in [-0.39, 0.29) is 16.8 Å². The minimum absolute atomic E-state index is 0.0551. The van der Waals surface area contributed by atoms with E-state index < -0.39 is 17.7 Å². The van der Waals surface area contributed by atoms with Gasteiger partial charge in [-0.1, -0.05) is 18.6 Å². The maximum atomic E-state index is 13.6. The smallest absolute Gasteiger partial charge is 0.416 e. The standard InChI is InChI=1S/C29H32F3N3O3/c1-38-22-8-9-25-23(17-22)26(28(36)37)24(27(33-25)19-6-5-7-20(16-19)29(30,31)32)18-34-14-10-21(11-15-34)35-12-3-2-4-13-35/h5-9,16-17,21H,2-4,10-15,18H2,1H3,(H,36,37). The number of fused-ring (bicyclic) bond motifs is 1. The van der Waals surface area contributed by atoms with Crippen LogP contribution in [0.25, 0.3) is 22.2 Å². The highest BCUT2D eigenvalue weighted by molar-refractivity contribution is 6.06. The minimum atomic E-state index is -4.52. The van der Waals surface area contributed by atoms with Gasteiger partial charge in [-0.15, -0.1) is 0 Å². The number of rotatable bonds is 6. The summed E-state index contributed by atoms with van der Waals surface area (Å²) in [7, 11) is 1.50. The first kappa shape index (κ1) is 26.4. The van der Waals surface area contributed by atoms with Crippen LogP contribution in [0.1, 0.15) is 53.6 Å². The Labute approximate surface area is 220 Å². The molecule has 0 aliphatic carbocycles. The van der Waals surface area contributed by atoms with Crippen LogP contribution in [-0.2, 0) is 12.7 Å². The molecule has 0 atom stereocenters. The molecule has 9 heteroatoms. The van der Waals surface area contributed by atoms with E-state index in [2.05, 4.69) is 9.80 Å². The highest BCUT2D eigenvalue weighted by atomic mass is 19.4. The second-order valence-corrected chi connectivity index (χ2v) is 10.2. The molecule has 2 aromatic carbocycles. The number of carbonyl (C=O) groups is 1. The van der Waals surface area contributed by atoms with Gasteiger partial charge in [0.05, 0.1) is 29.4 Å². The summed E-state index contributed by atoms with van der Waals surface area (Å²) >= 11 is 0. The van der Waals surface area contributed by atoms with Crippen molar-refractivity contribution in [2.45, 2.75) is 50.9 Å². The summed E-state index contributed by atoms with van der Waals surface area (Å²) in [4.78, 5) is 22.2. The number of nitrogens with zero attached hydrogens (tertiary/aromatic N) is 3. The summed E-state index contributed by atoms with van der Waals surface area (Å²) in [6, 6.07) is 10.4. The van der Waals surface area contributed by atoms with Gasteiger partial charge in [0.2, 0.25) is 0 Å².